The van der Waals surface area contributed by atoms with E-state index in [0.29, 0.717) is 0 Å². The third-order valence-electron chi connectivity index (χ3n) is 1.45. The topological polar surface area (TPSA) is 379 Å². The predicted octanol–water partition coefficient (Wildman–Crippen LogP) is -6.91. The van der Waals surface area contributed by atoms with Crippen LogP contribution >= 0.6 is 0 Å². The minimum atomic E-state index is -5.17. The van der Waals surface area contributed by atoms with Gasteiger partial charge in [-0.1, -0.05) is 19.9 Å². The quantitative estimate of drug-likeness (QED) is 0.181. The van der Waals surface area contributed by atoms with Gasteiger partial charge in [-0.3, -0.25) is 8.42 Å². The van der Waals surface area contributed by atoms with Crippen LogP contribution in [0.5, 0.6) is 0 Å². The van der Waals surface area contributed by atoms with Gasteiger partial charge in [0.15, 0.2) is 0 Å². The zero-order valence-corrected chi connectivity index (χ0v) is 13.1. The lowest BCUT2D eigenvalue weighted by Gasteiger charge is -2.06. The van der Waals surface area contributed by atoms with E-state index in [-0.39, 0.29) is 46.6 Å². The van der Waals surface area contributed by atoms with Crippen molar-refractivity contribution in [2.24, 2.45) is 0 Å². The number of nitrogens with zero attached hydrogens (tertiary/aromatic N) is 4. The van der Waals surface area contributed by atoms with Crippen molar-refractivity contribution in [2.45, 2.75) is 0 Å². The highest BCUT2D eigenvalue weighted by molar-refractivity contribution is 7.79. The van der Waals surface area contributed by atoms with Gasteiger partial charge in [0.25, 0.3) is 0 Å². The Kier molecular flexibility index (Phi) is 11.9. The van der Waals surface area contributed by atoms with Crippen LogP contribution in [0.4, 0.5) is 35.7 Å². The van der Waals surface area contributed by atoms with Gasteiger partial charge in [-0.25, -0.2) is 9.97 Å². The van der Waals surface area contributed by atoms with E-state index in [2.05, 4.69) is 29.9 Å². The first-order valence-electron chi connectivity index (χ1n) is 5.19. The van der Waals surface area contributed by atoms with Crippen LogP contribution in [0, 0.1) is 0 Å². The summed E-state index contributed by atoms with van der Waals surface area (Å²) in [5.74, 6) is 0.813. The van der Waals surface area contributed by atoms with Crippen molar-refractivity contribution in [2.75, 3.05) is 34.4 Å². The van der Waals surface area contributed by atoms with E-state index in [4.69, 9.17) is 51.9 Å². The maximum Gasteiger partial charge on any atom is 0.320 e. The second-order valence-electron chi connectivity index (χ2n) is 3.36. The molecule has 2 aromatic heterocycles. The Morgan fingerprint density at radius 1 is 0.640 bits per heavy atom. The minimum absolute atomic E-state index is 0. The number of rotatable bonds is 0. The Hall–Kier alpha value is -3.39. The second-order valence-corrected chi connectivity index (χ2v) is 4.18. The van der Waals surface area contributed by atoms with Gasteiger partial charge in [0.1, 0.15) is 0 Å². The van der Waals surface area contributed by atoms with E-state index in [1.165, 1.54) is 0 Å². The molecule has 25 heavy (non-hydrogen) atoms. The molecule has 0 radical (unpaired) electrons. The smallest absolute Gasteiger partial charge is 0.320 e. The third kappa shape index (κ3) is 16.8. The van der Waals surface area contributed by atoms with E-state index in [1.54, 1.807) is 0 Å². The molecule has 144 valence electrons. The van der Waals surface area contributed by atoms with Crippen molar-refractivity contribution in [1.29, 1.82) is 0 Å². The zero-order valence-electron chi connectivity index (χ0n) is 12.3. The first kappa shape index (κ1) is 26.5. The van der Waals surface area contributed by atoms with Crippen LogP contribution in [0.2, 0.25) is 0 Å². The fraction of sp³-hybridized carbons (Fsp3) is 0. The molecule has 19 heteroatoms. The molecule has 18 nitrogen and oxygen atoms in total. The van der Waals surface area contributed by atoms with Gasteiger partial charge in [-0.15, -0.1) is 0 Å². The van der Waals surface area contributed by atoms with Crippen LogP contribution in [0.1, 0.15) is 0 Å². The molecule has 18 N–H and O–H groups in total. The molecule has 0 unspecified atom stereocenters. The molecule has 0 bridgehead atoms. The standard InChI is InChI=1S/2C3H6N6.H2O4S.2H2O/c2*4-1-7-2(5)9-3(6)8-1;1-5(2,3)4;;/h2*(H6,4,5,6,7,8,9);(H2,1,2,3,4);2*1H2. The van der Waals surface area contributed by atoms with E-state index < -0.39 is 10.4 Å². The van der Waals surface area contributed by atoms with Gasteiger partial charge in [-0.2, -0.15) is 0 Å². The number of aromatic amines is 2. The summed E-state index contributed by atoms with van der Waals surface area (Å²) in [4.78, 5) is 19.1. The molecule has 0 aliphatic carbocycles. The van der Waals surface area contributed by atoms with Crippen LogP contribution in [0.25, 0.3) is 0 Å². The van der Waals surface area contributed by atoms with Crippen LogP contribution in [0.15, 0.2) is 0 Å². The van der Waals surface area contributed by atoms with Crippen LogP contribution in [0.3, 0.4) is 0 Å². The molecule has 0 saturated heterocycles. The summed E-state index contributed by atoms with van der Waals surface area (Å²) in [7, 11) is -5.17. The summed E-state index contributed by atoms with van der Waals surface area (Å²) < 4.78 is 34.1. The monoisotopic (exact) mass is 386 g/mol. The molecule has 2 rings (SSSR count). The van der Waals surface area contributed by atoms with Gasteiger partial charge in [0.2, 0.25) is 0 Å². The minimum Gasteiger partial charge on any atom is -0.759 e. The number of hydrogen-bond acceptors (Lipinski definition) is 14. The number of anilines is 6. The highest BCUT2D eigenvalue weighted by Gasteiger charge is 2.01. The predicted molar refractivity (Wildman–Crippen MR) is 81.4 cm³/mol. The largest absolute Gasteiger partial charge is 0.759 e. The molecule has 2 aromatic rings. The number of hydrogen-bond donors (Lipinski definition) is 6. The molecule has 0 amide bonds. The number of aromatic nitrogens is 6. The summed E-state index contributed by atoms with van der Waals surface area (Å²) in [6.07, 6.45) is 0. The van der Waals surface area contributed by atoms with E-state index >= 15 is 0 Å². The summed E-state index contributed by atoms with van der Waals surface area (Å²) in [5, 5.41) is 0. The van der Waals surface area contributed by atoms with Crippen molar-refractivity contribution >= 4 is 46.1 Å². The molecular formula is C6H18N12O6S. The maximum absolute atomic E-state index is 8.52. The number of nitrogens with two attached hydrogens (primary N) is 6. The van der Waals surface area contributed by atoms with Crippen molar-refractivity contribution in [3.63, 3.8) is 0 Å². The first-order valence-corrected chi connectivity index (χ1v) is 6.52. The van der Waals surface area contributed by atoms with Crippen LogP contribution in [-0.2, 0) is 10.4 Å². The Bertz CT molecular complexity index is 597. The number of H-pyrrole nitrogens is 2. The molecule has 0 aliphatic heterocycles. The molecule has 0 atom stereocenters. The van der Waals surface area contributed by atoms with E-state index in [9.17, 15) is 0 Å². The van der Waals surface area contributed by atoms with Gasteiger partial charge < -0.3 is 54.5 Å². The highest BCUT2D eigenvalue weighted by Crippen LogP contribution is 1.91. The van der Waals surface area contributed by atoms with Gasteiger partial charge >= 0.3 is 35.7 Å². The van der Waals surface area contributed by atoms with Crippen molar-refractivity contribution < 1.29 is 38.4 Å². The first-order chi connectivity index (χ1) is 10.4. The molecular weight excluding hydrogens is 368 g/mol. The lowest BCUT2D eigenvalue weighted by atomic mass is 10.9. The summed E-state index contributed by atoms with van der Waals surface area (Å²) in [5.41, 5.74) is 31.1. The Morgan fingerprint density at radius 2 is 0.800 bits per heavy atom. The third-order valence-corrected chi connectivity index (χ3v) is 1.45. The Balaban J connectivity index is -0.000000291. The number of nitrogen functional groups attached to an aromatic ring is 6. The summed E-state index contributed by atoms with van der Waals surface area (Å²) in [6, 6.07) is 0. The Morgan fingerprint density at radius 3 is 0.920 bits per heavy atom. The molecule has 0 aliphatic rings. The lowest BCUT2D eigenvalue weighted by molar-refractivity contribution is -0.351. The van der Waals surface area contributed by atoms with Crippen LogP contribution in [-0.4, -0.2) is 48.4 Å². The van der Waals surface area contributed by atoms with Crippen molar-refractivity contribution in [3.8, 4) is 0 Å². The van der Waals surface area contributed by atoms with E-state index in [1.807, 2.05) is 0 Å². The normalized spacial score (nSPS) is 9.04. The summed E-state index contributed by atoms with van der Waals surface area (Å²) in [6.45, 7) is 0. The van der Waals surface area contributed by atoms with Gasteiger partial charge in [-0.05, 0) is 0 Å². The van der Waals surface area contributed by atoms with Gasteiger partial charge in [0, 0.05) is 10.4 Å². The highest BCUT2D eigenvalue weighted by atomic mass is 32.3. The van der Waals surface area contributed by atoms with Crippen molar-refractivity contribution in [1.82, 2.24) is 19.9 Å². The zero-order chi connectivity index (χ0) is 18.2. The average molecular weight is 386 g/mol. The average Bonchev–Trinajstić information content (AvgIpc) is 2.22. The number of nitrogens with one attached hydrogen (secondary N) is 2. The lowest BCUT2D eigenvalue weighted by Crippen LogP contribution is -2.20. The fourth-order valence-corrected chi connectivity index (χ4v) is 0.918. The molecule has 0 saturated carbocycles. The van der Waals surface area contributed by atoms with E-state index in [0.717, 1.165) is 0 Å². The van der Waals surface area contributed by atoms with Gasteiger partial charge in [0.05, 0.1) is 0 Å². The maximum atomic E-state index is 8.52. The fourth-order valence-electron chi connectivity index (χ4n) is 0.918. The molecule has 0 spiro atoms. The van der Waals surface area contributed by atoms with Crippen LogP contribution < -0.4 is 44.4 Å². The second kappa shape index (κ2) is 11.2. The van der Waals surface area contributed by atoms with Crippen molar-refractivity contribution in [3.05, 3.63) is 0 Å². The SMILES string of the molecule is Nc1nc(N)[nH+]c(N)n1.Nc1nc(N)[nH+]c(N)n1.O.O.O=S(=O)([O-])[O-]. The molecule has 2 heterocycles. The Labute approximate surface area is 139 Å². The molecule has 0 aromatic carbocycles. The molecule has 0 fully saturated rings. The summed E-state index contributed by atoms with van der Waals surface area (Å²) >= 11 is 0.